The molecular weight excluding hydrogens is 248 g/mol. The molecule has 0 bridgehead atoms. The number of carbonyl (C=O) groups is 1. The maximum Gasteiger partial charge on any atom is 0.287 e. The van der Waals surface area contributed by atoms with Crippen molar-refractivity contribution >= 4 is 34.7 Å². The molecule has 4 nitrogen and oxygen atoms in total. The van der Waals surface area contributed by atoms with Crippen molar-refractivity contribution in [1.29, 1.82) is 0 Å². The molecule has 0 radical (unpaired) electrons. The fourth-order valence-electron chi connectivity index (χ4n) is 1.23. The standard InChI is InChI=1S/C10H13ClN2O2S/c1-2-6(5-9(12)16)13-10(14)7-3-4-8(11)15-7/h3-4,6H,2,5H2,1H3,(H2,12,16)(H,13,14). The van der Waals surface area contributed by atoms with Crippen LogP contribution in [0.15, 0.2) is 16.5 Å². The summed E-state index contributed by atoms with van der Waals surface area (Å²) in [5, 5.41) is 2.96. The third-order valence-electron chi connectivity index (χ3n) is 2.07. The van der Waals surface area contributed by atoms with E-state index < -0.39 is 0 Å². The number of nitrogens with one attached hydrogen (secondary N) is 1. The highest BCUT2D eigenvalue weighted by atomic mass is 35.5. The first-order chi connectivity index (χ1) is 7.52. The minimum Gasteiger partial charge on any atom is -0.440 e. The van der Waals surface area contributed by atoms with Crippen molar-refractivity contribution in [3.8, 4) is 0 Å². The number of amides is 1. The molecule has 3 N–H and O–H groups in total. The van der Waals surface area contributed by atoms with E-state index in [9.17, 15) is 4.79 Å². The van der Waals surface area contributed by atoms with Gasteiger partial charge in [-0.1, -0.05) is 19.1 Å². The zero-order chi connectivity index (χ0) is 12.1. The van der Waals surface area contributed by atoms with Gasteiger partial charge in [-0.25, -0.2) is 0 Å². The smallest absolute Gasteiger partial charge is 0.287 e. The summed E-state index contributed by atoms with van der Waals surface area (Å²) in [5.41, 5.74) is 5.42. The Balaban J connectivity index is 2.58. The molecule has 1 aromatic rings. The fourth-order valence-corrected chi connectivity index (χ4v) is 1.58. The van der Waals surface area contributed by atoms with E-state index >= 15 is 0 Å². The Labute approximate surface area is 104 Å². The van der Waals surface area contributed by atoms with E-state index in [0.29, 0.717) is 11.4 Å². The summed E-state index contributed by atoms with van der Waals surface area (Å²) < 4.78 is 4.98. The Bertz CT molecular complexity index is 392. The monoisotopic (exact) mass is 260 g/mol. The first-order valence-electron chi connectivity index (χ1n) is 4.87. The summed E-state index contributed by atoms with van der Waals surface area (Å²) >= 11 is 10.4. The Morgan fingerprint density at radius 2 is 2.38 bits per heavy atom. The van der Waals surface area contributed by atoms with Crippen molar-refractivity contribution < 1.29 is 9.21 Å². The molecule has 1 unspecified atom stereocenters. The maximum absolute atomic E-state index is 11.7. The van der Waals surface area contributed by atoms with Gasteiger partial charge >= 0.3 is 0 Å². The van der Waals surface area contributed by atoms with Gasteiger partial charge in [-0.2, -0.15) is 0 Å². The minimum atomic E-state index is -0.310. The van der Waals surface area contributed by atoms with Crippen LogP contribution in [0, 0.1) is 0 Å². The van der Waals surface area contributed by atoms with Gasteiger partial charge in [-0.15, -0.1) is 0 Å². The van der Waals surface area contributed by atoms with Crippen LogP contribution in [-0.4, -0.2) is 16.9 Å². The molecule has 0 saturated carbocycles. The highest BCUT2D eigenvalue weighted by Gasteiger charge is 2.15. The van der Waals surface area contributed by atoms with Crippen LogP contribution >= 0.6 is 23.8 Å². The van der Waals surface area contributed by atoms with Crippen molar-refractivity contribution in [2.75, 3.05) is 0 Å². The molecule has 1 atom stereocenters. The van der Waals surface area contributed by atoms with Gasteiger partial charge in [-0.3, -0.25) is 4.79 Å². The molecule has 0 aliphatic rings. The quantitative estimate of drug-likeness (QED) is 0.796. The van der Waals surface area contributed by atoms with Crippen LogP contribution in [0.2, 0.25) is 5.22 Å². The van der Waals surface area contributed by atoms with Crippen LogP contribution in [0.4, 0.5) is 0 Å². The molecule has 88 valence electrons. The van der Waals surface area contributed by atoms with Crippen LogP contribution < -0.4 is 11.1 Å². The van der Waals surface area contributed by atoms with Crippen molar-refractivity contribution in [3.05, 3.63) is 23.1 Å². The number of thiocarbonyl (C=S) groups is 1. The second-order valence-corrected chi connectivity index (χ2v) is 4.25. The molecule has 16 heavy (non-hydrogen) atoms. The first-order valence-corrected chi connectivity index (χ1v) is 5.66. The molecule has 1 rings (SSSR count). The van der Waals surface area contributed by atoms with Gasteiger partial charge in [-0.05, 0) is 30.2 Å². The van der Waals surface area contributed by atoms with Crippen molar-refractivity contribution in [3.63, 3.8) is 0 Å². The van der Waals surface area contributed by atoms with E-state index in [1.807, 2.05) is 6.92 Å². The van der Waals surface area contributed by atoms with Gasteiger partial charge in [0.15, 0.2) is 11.0 Å². The first kappa shape index (κ1) is 13.0. The largest absolute Gasteiger partial charge is 0.440 e. The fraction of sp³-hybridized carbons (Fsp3) is 0.400. The summed E-state index contributed by atoms with van der Waals surface area (Å²) in [4.78, 5) is 12.0. The average molecular weight is 261 g/mol. The van der Waals surface area contributed by atoms with E-state index in [1.54, 1.807) is 0 Å². The molecular formula is C10H13ClN2O2S. The van der Waals surface area contributed by atoms with Crippen LogP contribution in [0.25, 0.3) is 0 Å². The number of carbonyl (C=O) groups excluding carboxylic acids is 1. The number of hydrogen-bond donors (Lipinski definition) is 2. The van der Waals surface area contributed by atoms with Crippen LogP contribution in [0.3, 0.4) is 0 Å². The SMILES string of the molecule is CCC(CC(N)=S)NC(=O)c1ccc(Cl)o1. The Morgan fingerprint density at radius 3 is 2.81 bits per heavy atom. The zero-order valence-corrected chi connectivity index (χ0v) is 10.4. The van der Waals surface area contributed by atoms with Crippen LogP contribution in [0.1, 0.15) is 30.3 Å². The maximum atomic E-state index is 11.7. The molecule has 6 heteroatoms. The van der Waals surface area contributed by atoms with E-state index in [4.69, 9.17) is 34.0 Å². The minimum absolute atomic E-state index is 0.0751. The van der Waals surface area contributed by atoms with Crippen molar-refractivity contribution in [1.82, 2.24) is 5.32 Å². The number of nitrogens with two attached hydrogens (primary N) is 1. The Hall–Kier alpha value is -1.07. The number of halogens is 1. The highest BCUT2D eigenvalue weighted by molar-refractivity contribution is 7.80. The molecule has 0 fully saturated rings. The van der Waals surface area contributed by atoms with E-state index in [-0.39, 0.29) is 22.9 Å². The normalized spacial score (nSPS) is 12.1. The predicted octanol–water partition coefficient (Wildman–Crippen LogP) is 2.12. The molecule has 0 aromatic carbocycles. The lowest BCUT2D eigenvalue weighted by atomic mass is 10.1. The lowest BCUT2D eigenvalue weighted by Gasteiger charge is -2.14. The topological polar surface area (TPSA) is 68.3 Å². The molecule has 0 aliphatic carbocycles. The van der Waals surface area contributed by atoms with Gasteiger partial charge in [0.05, 0.1) is 4.99 Å². The zero-order valence-electron chi connectivity index (χ0n) is 8.83. The summed E-state index contributed by atoms with van der Waals surface area (Å²) in [6.45, 7) is 1.94. The molecule has 1 heterocycles. The van der Waals surface area contributed by atoms with Gasteiger partial charge in [0.2, 0.25) is 0 Å². The Kier molecular flexibility index (Phi) is 4.76. The van der Waals surface area contributed by atoms with Gasteiger partial charge in [0, 0.05) is 12.5 Å². The number of furan rings is 1. The molecule has 0 saturated heterocycles. The summed E-state index contributed by atoms with van der Waals surface area (Å²) in [5.74, 6) is -0.124. The molecule has 0 aliphatic heterocycles. The summed E-state index contributed by atoms with van der Waals surface area (Å²) in [6, 6.07) is 2.96. The third kappa shape index (κ3) is 3.83. The molecule has 0 spiro atoms. The number of rotatable bonds is 5. The van der Waals surface area contributed by atoms with Gasteiger partial charge in [0.1, 0.15) is 0 Å². The summed E-state index contributed by atoms with van der Waals surface area (Å²) in [7, 11) is 0. The lowest BCUT2D eigenvalue weighted by Crippen LogP contribution is -2.36. The predicted molar refractivity (Wildman–Crippen MR) is 66.7 cm³/mol. The van der Waals surface area contributed by atoms with Gasteiger partial charge < -0.3 is 15.5 Å². The Morgan fingerprint density at radius 1 is 1.69 bits per heavy atom. The highest BCUT2D eigenvalue weighted by Crippen LogP contribution is 2.13. The second kappa shape index (κ2) is 5.86. The molecule has 1 aromatic heterocycles. The van der Waals surface area contributed by atoms with Gasteiger partial charge in [0.25, 0.3) is 5.91 Å². The van der Waals surface area contributed by atoms with E-state index in [0.717, 1.165) is 6.42 Å². The van der Waals surface area contributed by atoms with Crippen molar-refractivity contribution in [2.45, 2.75) is 25.8 Å². The third-order valence-corrected chi connectivity index (χ3v) is 2.44. The van der Waals surface area contributed by atoms with E-state index in [1.165, 1.54) is 12.1 Å². The summed E-state index contributed by atoms with van der Waals surface area (Å²) in [6.07, 6.45) is 1.23. The second-order valence-electron chi connectivity index (χ2n) is 3.35. The van der Waals surface area contributed by atoms with Crippen LogP contribution in [0.5, 0.6) is 0 Å². The lowest BCUT2D eigenvalue weighted by molar-refractivity contribution is 0.0909. The van der Waals surface area contributed by atoms with E-state index in [2.05, 4.69) is 5.32 Å². The number of hydrogen-bond acceptors (Lipinski definition) is 3. The average Bonchev–Trinajstić information content (AvgIpc) is 2.63. The molecule has 1 amide bonds. The van der Waals surface area contributed by atoms with Crippen LogP contribution in [-0.2, 0) is 0 Å². The van der Waals surface area contributed by atoms with Crippen molar-refractivity contribution in [2.24, 2.45) is 5.73 Å².